The predicted octanol–water partition coefficient (Wildman–Crippen LogP) is 2.83. The van der Waals surface area contributed by atoms with Gasteiger partial charge in [-0.2, -0.15) is 0 Å². The molecule has 0 bridgehead atoms. The Balaban J connectivity index is 2.39. The zero-order valence-electron chi connectivity index (χ0n) is 10.4. The molecule has 1 heterocycles. The van der Waals surface area contributed by atoms with Crippen LogP contribution in [0.15, 0.2) is 37.0 Å². The van der Waals surface area contributed by atoms with Crippen LogP contribution in [0.25, 0.3) is 0 Å². The van der Waals surface area contributed by atoms with Gasteiger partial charge in [0.1, 0.15) is 0 Å². The molecule has 0 radical (unpaired) electrons. The first-order chi connectivity index (χ1) is 7.65. The van der Waals surface area contributed by atoms with Crippen molar-refractivity contribution < 1.29 is 4.74 Å². The van der Waals surface area contributed by atoms with Gasteiger partial charge in [-0.25, -0.2) is 0 Å². The molecule has 0 aliphatic carbocycles. The Morgan fingerprint density at radius 1 is 1.31 bits per heavy atom. The molecule has 2 unspecified atom stereocenters. The molecule has 0 spiro atoms. The normalized spacial score (nSPS) is 31.1. The molecule has 0 aromatic heterocycles. The Kier molecular flexibility index (Phi) is 5.50. The molecule has 16 heavy (non-hydrogen) atoms. The molecule has 1 aliphatic rings. The van der Waals surface area contributed by atoms with Crippen molar-refractivity contribution in [2.24, 2.45) is 0 Å². The number of hydrogen-bond acceptors (Lipinski definition) is 2. The maximum absolute atomic E-state index is 5.71. The minimum absolute atomic E-state index is 0.358. The van der Waals surface area contributed by atoms with E-state index in [1.54, 1.807) is 6.08 Å². The first-order valence-electron chi connectivity index (χ1n) is 5.98. The van der Waals surface area contributed by atoms with Crippen LogP contribution in [0.4, 0.5) is 0 Å². The number of allylic oxidation sites excluding steroid dienone is 2. The average molecular weight is 221 g/mol. The maximum Gasteiger partial charge on any atom is 0.0565 e. The molecular formula is C14H23NO. The van der Waals surface area contributed by atoms with E-state index in [4.69, 9.17) is 4.74 Å². The van der Waals surface area contributed by atoms with E-state index in [2.05, 4.69) is 32.3 Å². The first kappa shape index (κ1) is 13.2. The van der Waals surface area contributed by atoms with Gasteiger partial charge < -0.3 is 10.1 Å². The zero-order valence-corrected chi connectivity index (χ0v) is 10.4. The molecule has 2 nitrogen and oxygen atoms in total. The first-order valence-corrected chi connectivity index (χ1v) is 5.98. The van der Waals surface area contributed by atoms with Gasteiger partial charge in [0.2, 0.25) is 0 Å². The van der Waals surface area contributed by atoms with Crippen molar-refractivity contribution in [3.8, 4) is 0 Å². The van der Waals surface area contributed by atoms with Gasteiger partial charge in [0.15, 0.2) is 0 Å². The minimum Gasteiger partial charge on any atom is -0.375 e. The monoisotopic (exact) mass is 221 g/mol. The lowest BCUT2D eigenvalue weighted by molar-refractivity contribution is -0.0416. The fourth-order valence-electron chi connectivity index (χ4n) is 2.18. The SMILES string of the molecule is C=C/C=C(\C=C)CNC1CC(C)OC(C)C1. The molecular weight excluding hydrogens is 198 g/mol. The second-order valence-corrected chi connectivity index (χ2v) is 4.49. The summed E-state index contributed by atoms with van der Waals surface area (Å²) in [5.41, 5.74) is 1.18. The molecule has 1 saturated heterocycles. The van der Waals surface area contributed by atoms with Gasteiger partial charge in [-0.15, -0.1) is 0 Å². The summed E-state index contributed by atoms with van der Waals surface area (Å²) in [7, 11) is 0. The van der Waals surface area contributed by atoms with Crippen molar-refractivity contribution >= 4 is 0 Å². The topological polar surface area (TPSA) is 21.3 Å². The summed E-state index contributed by atoms with van der Waals surface area (Å²) in [5, 5.41) is 3.55. The molecule has 0 saturated carbocycles. The summed E-state index contributed by atoms with van der Waals surface area (Å²) in [4.78, 5) is 0. The third-order valence-electron chi connectivity index (χ3n) is 2.89. The van der Waals surface area contributed by atoms with Crippen molar-refractivity contribution in [2.45, 2.75) is 44.9 Å². The zero-order chi connectivity index (χ0) is 12.0. The standard InChI is InChI=1S/C14H23NO/c1-5-7-13(6-2)10-15-14-8-11(3)16-12(4)9-14/h5-7,11-12,14-15H,1-2,8-10H2,3-4H3/b13-7+. The summed E-state index contributed by atoms with van der Waals surface area (Å²) >= 11 is 0. The summed E-state index contributed by atoms with van der Waals surface area (Å²) < 4.78 is 5.71. The third-order valence-corrected chi connectivity index (χ3v) is 2.89. The average Bonchev–Trinajstić information content (AvgIpc) is 2.23. The molecule has 1 fully saturated rings. The van der Waals surface area contributed by atoms with Gasteiger partial charge in [0.25, 0.3) is 0 Å². The van der Waals surface area contributed by atoms with Crippen LogP contribution in [0.3, 0.4) is 0 Å². The van der Waals surface area contributed by atoms with Crippen molar-refractivity contribution in [1.82, 2.24) is 5.32 Å². The minimum atomic E-state index is 0.358. The smallest absolute Gasteiger partial charge is 0.0565 e. The lowest BCUT2D eigenvalue weighted by atomic mass is 9.99. The second kappa shape index (κ2) is 6.66. The molecule has 0 amide bonds. The van der Waals surface area contributed by atoms with E-state index >= 15 is 0 Å². The molecule has 2 heteroatoms. The Morgan fingerprint density at radius 2 is 1.94 bits per heavy atom. The van der Waals surface area contributed by atoms with E-state index in [1.807, 2.05) is 12.2 Å². The van der Waals surface area contributed by atoms with Crippen LogP contribution < -0.4 is 5.32 Å². The lowest BCUT2D eigenvalue weighted by Crippen LogP contribution is -2.41. The number of rotatable bonds is 5. The van der Waals surface area contributed by atoms with E-state index in [1.165, 1.54) is 5.57 Å². The molecule has 1 N–H and O–H groups in total. The van der Waals surface area contributed by atoms with Gasteiger partial charge in [0, 0.05) is 12.6 Å². The van der Waals surface area contributed by atoms with E-state index in [9.17, 15) is 0 Å². The highest BCUT2D eigenvalue weighted by Gasteiger charge is 2.23. The molecule has 1 rings (SSSR count). The highest BCUT2D eigenvalue weighted by Crippen LogP contribution is 2.19. The van der Waals surface area contributed by atoms with Crippen LogP contribution in [-0.4, -0.2) is 24.8 Å². The predicted molar refractivity (Wildman–Crippen MR) is 69.5 cm³/mol. The summed E-state index contributed by atoms with van der Waals surface area (Å²) in [6, 6.07) is 0.548. The maximum atomic E-state index is 5.71. The fraction of sp³-hybridized carbons (Fsp3) is 0.571. The molecule has 0 aromatic rings. The van der Waals surface area contributed by atoms with Crippen molar-refractivity contribution in [3.63, 3.8) is 0 Å². The van der Waals surface area contributed by atoms with Crippen LogP contribution in [0.5, 0.6) is 0 Å². The van der Waals surface area contributed by atoms with Crippen LogP contribution in [0.1, 0.15) is 26.7 Å². The number of nitrogens with one attached hydrogen (secondary N) is 1. The molecule has 2 atom stereocenters. The van der Waals surface area contributed by atoms with Gasteiger partial charge in [-0.1, -0.05) is 31.4 Å². The Morgan fingerprint density at radius 3 is 2.44 bits per heavy atom. The van der Waals surface area contributed by atoms with E-state index < -0.39 is 0 Å². The van der Waals surface area contributed by atoms with E-state index in [0.29, 0.717) is 18.2 Å². The summed E-state index contributed by atoms with van der Waals surface area (Å²) in [5.74, 6) is 0. The third kappa shape index (κ3) is 4.33. The van der Waals surface area contributed by atoms with Crippen LogP contribution in [0, 0.1) is 0 Å². The Hall–Kier alpha value is -0.860. The Bertz CT molecular complexity index is 260. The molecule has 0 aromatic carbocycles. The quantitative estimate of drug-likeness (QED) is 0.721. The van der Waals surface area contributed by atoms with E-state index in [-0.39, 0.29) is 0 Å². The highest BCUT2D eigenvalue weighted by molar-refractivity contribution is 5.22. The molecule has 1 aliphatic heterocycles. The summed E-state index contributed by atoms with van der Waals surface area (Å²) in [6.07, 6.45) is 8.56. The van der Waals surface area contributed by atoms with E-state index in [0.717, 1.165) is 19.4 Å². The van der Waals surface area contributed by atoms with Crippen molar-refractivity contribution in [3.05, 3.63) is 37.0 Å². The number of hydrogen-bond donors (Lipinski definition) is 1. The van der Waals surface area contributed by atoms with Crippen LogP contribution in [-0.2, 0) is 4.74 Å². The van der Waals surface area contributed by atoms with Gasteiger partial charge in [-0.05, 0) is 32.3 Å². The highest BCUT2D eigenvalue weighted by atomic mass is 16.5. The van der Waals surface area contributed by atoms with Gasteiger partial charge >= 0.3 is 0 Å². The van der Waals surface area contributed by atoms with Gasteiger partial charge in [-0.3, -0.25) is 0 Å². The van der Waals surface area contributed by atoms with Crippen molar-refractivity contribution in [1.29, 1.82) is 0 Å². The second-order valence-electron chi connectivity index (χ2n) is 4.49. The number of ether oxygens (including phenoxy) is 1. The Labute approximate surface area is 99.1 Å². The fourth-order valence-corrected chi connectivity index (χ4v) is 2.18. The lowest BCUT2D eigenvalue weighted by Gasteiger charge is -2.32. The summed E-state index contributed by atoms with van der Waals surface area (Å²) in [6.45, 7) is 12.6. The molecule has 90 valence electrons. The largest absolute Gasteiger partial charge is 0.375 e. The van der Waals surface area contributed by atoms with Crippen LogP contribution in [0.2, 0.25) is 0 Å². The van der Waals surface area contributed by atoms with Crippen molar-refractivity contribution in [2.75, 3.05) is 6.54 Å². The van der Waals surface area contributed by atoms with Gasteiger partial charge in [0.05, 0.1) is 12.2 Å². The van der Waals surface area contributed by atoms with Crippen LogP contribution >= 0.6 is 0 Å².